The van der Waals surface area contributed by atoms with Crippen LogP contribution < -0.4 is 5.73 Å². The first-order valence-corrected chi connectivity index (χ1v) is 5.28. The molecule has 0 aromatic rings. The first-order chi connectivity index (χ1) is 4.86. The summed E-state index contributed by atoms with van der Waals surface area (Å²) in [5.41, 5.74) is 5.11. The van der Waals surface area contributed by atoms with Gasteiger partial charge in [0.05, 0.1) is 0 Å². The van der Waals surface area contributed by atoms with Gasteiger partial charge in [0.2, 0.25) is 0 Å². The van der Waals surface area contributed by atoms with E-state index in [1.165, 1.54) is 0 Å². The number of rotatable bonds is 2. The van der Waals surface area contributed by atoms with E-state index in [4.69, 9.17) is 15.5 Å². The highest BCUT2D eigenvalue weighted by molar-refractivity contribution is 7.46. The lowest BCUT2D eigenvalue weighted by Crippen LogP contribution is -2.06. The van der Waals surface area contributed by atoms with Crippen molar-refractivity contribution >= 4 is 16.5 Å². The van der Waals surface area contributed by atoms with E-state index in [2.05, 4.69) is 4.31 Å². The minimum atomic E-state index is -3.20. The number of nitrogens with two attached hydrogens (primary N) is 1. The number of hydrogen-bond donors (Lipinski definition) is 3. The number of hydrogen-bond acceptors (Lipinski definition) is 4. The van der Waals surface area contributed by atoms with Gasteiger partial charge in [-0.1, -0.05) is 13.8 Å². The van der Waals surface area contributed by atoms with Crippen molar-refractivity contribution in [3.8, 4) is 0 Å². The van der Waals surface area contributed by atoms with Gasteiger partial charge in [0.15, 0.2) is 0 Å². The van der Waals surface area contributed by atoms with Crippen molar-refractivity contribution in [2.75, 3.05) is 0 Å². The largest absolute Gasteiger partial charge is 0.328 e. The molecule has 0 fully saturated rings. The molecule has 0 aliphatic heterocycles. The van der Waals surface area contributed by atoms with Crippen molar-refractivity contribution in [3.05, 3.63) is 0 Å². The molecule has 0 saturated carbocycles. The molecule has 70 valence electrons. The highest BCUT2D eigenvalue weighted by atomic mass is 31.2. The molecule has 4 N–H and O–H groups in total. The maximum absolute atomic E-state index is 9.44. The van der Waals surface area contributed by atoms with E-state index in [-0.39, 0.29) is 0 Å². The summed E-state index contributed by atoms with van der Waals surface area (Å²) in [7, 11) is -6.40. The summed E-state index contributed by atoms with van der Waals surface area (Å²) in [6.45, 7) is 3.89. The van der Waals surface area contributed by atoms with Crippen molar-refractivity contribution in [2.24, 2.45) is 5.73 Å². The molecular formula is C3H13NO5P2. The second-order valence-electron chi connectivity index (χ2n) is 1.88. The fourth-order valence-electron chi connectivity index (χ4n) is 0.0747. The Morgan fingerprint density at radius 1 is 1.27 bits per heavy atom. The Kier molecular flexibility index (Phi) is 10.6. The summed E-state index contributed by atoms with van der Waals surface area (Å²) < 4.78 is 22.3. The molecule has 0 aliphatic carbocycles. The van der Waals surface area contributed by atoms with E-state index in [0.29, 0.717) is 6.04 Å². The Hall–Kier alpha value is 0.300. The van der Waals surface area contributed by atoms with Gasteiger partial charge in [-0.2, -0.15) is 0 Å². The molecule has 0 aliphatic rings. The molecule has 0 amide bonds. The third kappa shape index (κ3) is 38.4. The van der Waals surface area contributed by atoms with E-state index < -0.39 is 16.5 Å². The molecule has 0 heterocycles. The SMILES string of the molecule is CC(C)N.O=[PH](O)O[PH](=O)O. The maximum atomic E-state index is 9.44. The van der Waals surface area contributed by atoms with Gasteiger partial charge in [-0.25, -0.2) is 4.31 Å². The van der Waals surface area contributed by atoms with Crippen LogP contribution in [0.5, 0.6) is 0 Å². The van der Waals surface area contributed by atoms with Crippen molar-refractivity contribution < 1.29 is 23.2 Å². The second kappa shape index (κ2) is 8.40. The minimum Gasteiger partial charge on any atom is -0.328 e. The van der Waals surface area contributed by atoms with Crippen LogP contribution in [0, 0.1) is 0 Å². The Morgan fingerprint density at radius 3 is 1.45 bits per heavy atom. The van der Waals surface area contributed by atoms with E-state index >= 15 is 0 Å². The molecule has 2 unspecified atom stereocenters. The zero-order chi connectivity index (χ0) is 9.44. The first-order valence-electron chi connectivity index (χ1n) is 2.75. The van der Waals surface area contributed by atoms with Gasteiger partial charge in [-0.05, 0) is 6.04 Å². The van der Waals surface area contributed by atoms with Gasteiger partial charge < -0.3 is 15.5 Å². The molecule has 0 aromatic heterocycles. The topological polar surface area (TPSA) is 110 Å². The first kappa shape index (κ1) is 13.9. The van der Waals surface area contributed by atoms with Crippen LogP contribution in [0.3, 0.4) is 0 Å². The zero-order valence-electron chi connectivity index (χ0n) is 6.27. The summed E-state index contributed by atoms with van der Waals surface area (Å²) in [6.07, 6.45) is 0. The summed E-state index contributed by atoms with van der Waals surface area (Å²) in [4.78, 5) is 15.4. The molecule has 11 heavy (non-hydrogen) atoms. The van der Waals surface area contributed by atoms with Gasteiger partial charge >= 0.3 is 16.5 Å². The quantitative estimate of drug-likeness (QED) is 0.552. The van der Waals surface area contributed by atoms with E-state index in [9.17, 15) is 9.13 Å². The average Bonchev–Trinajstić information content (AvgIpc) is 1.56. The average molecular weight is 205 g/mol. The molecule has 2 atom stereocenters. The third-order valence-corrected chi connectivity index (χ3v) is 1.57. The van der Waals surface area contributed by atoms with E-state index in [1.807, 2.05) is 13.8 Å². The highest BCUT2D eigenvalue weighted by Crippen LogP contribution is 2.30. The lowest BCUT2D eigenvalue weighted by molar-refractivity contribution is 0.371. The molecule has 0 spiro atoms. The van der Waals surface area contributed by atoms with Crippen LogP contribution in [0.25, 0.3) is 0 Å². The van der Waals surface area contributed by atoms with Crippen molar-refractivity contribution in [2.45, 2.75) is 19.9 Å². The molecule has 0 radical (unpaired) electrons. The van der Waals surface area contributed by atoms with E-state index in [1.54, 1.807) is 0 Å². The monoisotopic (exact) mass is 205 g/mol. The summed E-state index contributed by atoms with van der Waals surface area (Å²) in [5.74, 6) is 0. The Labute approximate surface area is 66.3 Å². The van der Waals surface area contributed by atoms with Crippen molar-refractivity contribution in [1.82, 2.24) is 0 Å². The summed E-state index contributed by atoms with van der Waals surface area (Å²) in [5, 5.41) is 0. The molecule has 0 saturated heterocycles. The normalized spacial score (nSPS) is 15.1. The lowest BCUT2D eigenvalue weighted by Gasteiger charge is -1.86. The summed E-state index contributed by atoms with van der Waals surface area (Å²) in [6, 6.07) is 0.333. The molecule has 0 aromatic carbocycles. The smallest absolute Gasteiger partial charge is 0.323 e. The molecular weight excluding hydrogens is 192 g/mol. The van der Waals surface area contributed by atoms with Crippen LogP contribution in [-0.2, 0) is 13.4 Å². The summed E-state index contributed by atoms with van der Waals surface area (Å²) >= 11 is 0. The standard InChI is InChI=1S/C3H9N.H4O5P2/c1-3(2)4;1-6(2)5-7(3)4/h3H,4H2,1-2H3;6-7H,(H,1,2)(H,3,4). The fraction of sp³-hybridized carbons (Fsp3) is 1.00. The van der Waals surface area contributed by atoms with Crippen LogP contribution in [0.1, 0.15) is 13.8 Å². The molecule has 6 nitrogen and oxygen atoms in total. The third-order valence-electron chi connectivity index (χ3n) is 0.175. The predicted octanol–water partition coefficient (Wildman–Crippen LogP) is 0.120. The predicted molar refractivity (Wildman–Crippen MR) is 42.8 cm³/mol. The zero-order valence-corrected chi connectivity index (χ0v) is 8.27. The Bertz CT molecular complexity index is 123. The van der Waals surface area contributed by atoms with Gasteiger partial charge in [0.1, 0.15) is 0 Å². The molecule has 0 bridgehead atoms. The van der Waals surface area contributed by atoms with Crippen molar-refractivity contribution in [3.63, 3.8) is 0 Å². The molecule has 8 heteroatoms. The van der Waals surface area contributed by atoms with Crippen LogP contribution >= 0.6 is 16.5 Å². The Balaban J connectivity index is 0. The fourth-order valence-corrected chi connectivity index (χ4v) is 0.672. The van der Waals surface area contributed by atoms with Crippen LogP contribution in [-0.4, -0.2) is 15.8 Å². The Morgan fingerprint density at radius 2 is 1.45 bits per heavy atom. The van der Waals surface area contributed by atoms with Crippen LogP contribution in [0.2, 0.25) is 0 Å². The maximum Gasteiger partial charge on any atom is 0.323 e. The second-order valence-corrected chi connectivity index (χ2v) is 3.76. The minimum absolute atomic E-state index is 0.333. The molecule has 0 rings (SSSR count). The van der Waals surface area contributed by atoms with Gasteiger partial charge in [0.25, 0.3) is 0 Å². The van der Waals surface area contributed by atoms with Gasteiger partial charge in [-0.3, -0.25) is 9.13 Å². The van der Waals surface area contributed by atoms with Gasteiger partial charge in [0, 0.05) is 0 Å². The van der Waals surface area contributed by atoms with E-state index in [0.717, 1.165) is 0 Å². The van der Waals surface area contributed by atoms with Crippen LogP contribution in [0.15, 0.2) is 0 Å². The van der Waals surface area contributed by atoms with Gasteiger partial charge in [-0.15, -0.1) is 0 Å². The van der Waals surface area contributed by atoms with Crippen LogP contribution in [0.4, 0.5) is 0 Å². The van der Waals surface area contributed by atoms with Crippen molar-refractivity contribution in [1.29, 1.82) is 0 Å². The highest BCUT2D eigenvalue weighted by Gasteiger charge is 1.93. The lowest BCUT2D eigenvalue weighted by atomic mass is 10.5.